The molecule has 2 aromatic rings. The molecule has 0 aliphatic rings. The van der Waals surface area contributed by atoms with Crippen LogP contribution >= 0.6 is 0 Å². The molecule has 0 atom stereocenters. The van der Waals surface area contributed by atoms with Gasteiger partial charge in [-0.25, -0.2) is 10.4 Å². The van der Waals surface area contributed by atoms with E-state index in [1.807, 2.05) is 0 Å². The molecular weight excluding hydrogens is 236 g/mol. The monoisotopic (exact) mass is 243 g/mol. The van der Waals surface area contributed by atoms with Crippen LogP contribution in [-0.4, -0.2) is 31.7 Å². The number of carbonyl (C=O) groups excluding carboxylic acids is 1. The number of hydrazone groups is 1. The molecule has 0 aromatic carbocycles. The number of rotatable bonds is 3. The molecule has 0 spiro atoms. The Labute approximate surface area is 101 Å². The summed E-state index contributed by atoms with van der Waals surface area (Å²) in [5, 5.41) is 14.8. The van der Waals surface area contributed by atoms with Gasteiger partial charge in [-0.15, -0.1) is 0 Å². The molecule has 2 aromatic heterocycles. The molecule has 0 saturated heterocycles. The smallest absolute Gasteiger partial charge is 0.291 e. The van der Waals surface area contributed by atoms with Crippen LogP contribution in [0.1, 0.15) is 16.2 Å². The Morgan fingerprint density at radius 3 is 2.22 bits per heavy atom. The van der Waals surface area contributed by atoms with Crippen molar-refractivity contribution < 1.29 is 9.90 Å². The quantitative estimate of drug-likeness (QED) is 0.407. The van der Waals surface area contributed by atoms with E-state index in [1.54, 1.807) is 0 Å². The summed E-state index contributed by atoms with van der Waals surface area (Å²) < 4.78 is 0. The Bertz CT molecular complexity index is 557. The van der Waals surface area contributed by atoms with Crippen molar-refractivity contribution in [2.75, 3.05) is 0 Å². The largest absolute Gasteiger partial charge is 0.856 e. The van der Waals surface area contributed by atoms with Crippen molar-refractivity contribution in [2.24, 2.45) is 5.10 Å². The fraction of sp³-hybridized carbons (Fsp3) is 0. The summed E-state index contributed by atoms with van der Waals surface area (Å²) in [7, 11) is 0. The first-order valence-electron chi connectivity index (χ1n) is 4.85. The molecule has 8 nitrogen and oxygen atoms in total. The third kappa shape index (κ3) is 2.82. The SMILES string of the molecule is O=C(NN=C([O-])c1cnccn1)c1cnccn1. The molecule has 0 bridgehead atoms. The lowest BCUT2D eigenvalue weighted by Gasteiger charge is -2.08. The van der Waals surface area contributed by atoms with Crippen molar-refractivity contribution in [2.45, 2.75) is 0 Å². The van der Waals surface area contributed by atoms with E-state index in [4.69, 9.17) is 0 Å². The van der Waals surface area contributed by atoms with Gasteiger partial charge in [0, 0.05) is 30.7 Å². The van der Waals surface area contributed by atoms with E-state index in [-0.39, 0.29) is 11.4 Å². The molecule has 0 fully saturated rings. The normalized spacial score (nSPS) is 11.0. The zero-order valence-corrected chi connectivity index (χ0v) is 9.02. The predicted octanol–water partition coefficient (Wildman–Crippen LogP) is -1.28. The summed E-state index contributed by atoms with van der Waals surface area (Å²) in [5.74, 6) is -1.32. The van der Waals surface area contributed by atoms with Crippen LogP contribution < -0.4 is 10.5 Å². The fourth-order valence-corrected chi connectivity index (χ4v) is 1.04. The van der Waals surface area contributed by atoms with Gasteiger partial charge in [0.15, 0.2) is 0 Å². The number of nitrogens with zero attached hydrogens (tertiary/aromatic N) is 5. The number of aromatic nitrogens is 4. The molecule has 2 rings (SSSR count). The molecule has 2 heterocycles. The van der Waals surface area contributed by atoms with Gasteiger partial charge >= 0.3 is 0 Å². The molecule has 0 saturated carbocycles. The fourth-order valence-electron chi connectivity index (χ4n) is 1.04. The molecule has 0 aliphatic heterocycles. The minimum absolute atomic E-state index is 0.0388. The van der Waals surface area contributed by atoms with Crippen LogP contribution in [0.3, 0.4) is 0 Å². The second kappa shape index (κ2) is 5.43. The van der Waals surface area contributed by atoms with Crippen molar-refractivity contribution in [1.82, 2.24) is 25.4 Å². The second-order valence-electron chi connectivity index (χ2n) is 3.04. The summed E-state index contributed by atoms with van der Waals surface area (Å²) in [4.78, 5) is 26.4. The van der Waals surface area contributed by atoms with E-state index in [1.165, 1.54) is 37.2 Å². The first-order chi connectivity index (χ1) is 8.77. The Balaban J connectivity index is 2.05. The summed E-state index contributed by atoms with van der Waals surface area (Å²) in [6, 6.07) is 0. The van der Waals surface area contributed by atoms with Crippen molar-refractivity contribution in [3.63, 3.8) is 0 Å². The van der Waals surface area contributed by atoms with Crippen LogP contribution in [0.2, 0.25) is 0 Å². The first kappa shape index (κ1) is 11.6. The Morgan fingerprint density at radius 2 is 1.67 bits per heavy atom. The molecule has 1 N–H and O–H groups in total. The third-order valence-electron chi connectivity index (χ3n) is 1.84. The average molecular weight is 243 g/mol. The Kier molecular flexibility index (Phi) is 3.50. The van der Waals surface area contributed by atoms with Gasteiger partial charge in [0.1, 0.15) is 5.69 Å². The van der Waals surface area contributed by atoms with Gasteiger partial charge in [0.25, 0.3) is 5.91 Å². The Hall–Kier alpha value is -2.90. The Morgan fingerprint density at radius 1 is 1.06 bits per heavy atom. The minimum Gasteiger partial charge on any atom is -0.856 e. The lowest BCUT2D eigenvalue weighted by atomic mass is 10.4. The second-order valence-corrected chi connectivity index (χ2v) is 3.04. The number of hydrogen-bond acceptors (Lipinski definition) is 7. The maximum atomic E-state index is 11.5. The molecule has 90 valence electrons. The lowest BCUT2D eigenvalue weighted by Crippen LogP contribution is -2.27. The molecule has 0 radical (unpaired) electrons. The van der Waals surface area contributed by atoms with Crippen LogP contribution in [-0.2, 0) is 0 Å². The predicted molar refractivity (Wildman–Crippen MR) is 58.1 cm³/mol. The van der Waals surface area contributed by atoms with E-state index >= 15 is 0 Å². The highest BCUT2D eigenvalue weighted by atomic mass is 16.3. The van der Waals surface area contributed by atoms with Crippen LogP contribution in [0.4, 0.5) is 0 Å². The van der Waals surface area contributed by atoms with Gasteiger partial charge in [-0.05, 0) is 0 Å². The van der Waals surface area contributed by atoms with Crippen LogP contribution in [0.25, 0.3) is 0 Å². The maximum Gasteiger partial charge on any atom is 0.291 e. The number of nitrogens with one attached hydrogen (secondary N) is 1. The van der Waals surface area contributed by atoms with E-state index < -0.39 is 11.8 Å². The standard InChI is InChI=1S/C10H8N6O2/c17-9(7-5-11-1-3-13-7)15-16-10(18)8-6-12-2-4-14-8/h1-6H,(H,15,17)(H,16,18)/p-1. The van der Waals surface area contributed by atoms with Gasteiger partial charge in [-0.3, -0.25) is 19.7 Å². The van der Waals surface area contributed by atoms with Crippen molar-refractivity contribution in [3.05, 3.63) is 48.6 Å². The van der Waals surface area contributed by atoms with Crippen molar-refractivity contribution in [3.8, 4) is 0 Å². The van der Waals surface area contributed by atoms with Crippen LogP contribution in [0, 0.1) is 0 Å². The molecular formula is C10H7N6O2-. The van der Waals surface area contributed by atoms with Gasteiger partial charge in [0.05, 0.1) is 18.1 Å². The molecule has 1 amide bonds. The topological polar surface area (TPSA) is 116 Å². The lowest BCUT2D eigenvalue weighted by molar-refractivity contribution is -0.214. The van der Waals surface area contributed by atoms with E-state index in [2.05, 4.69) is 30.5 Å². The average Bonchev–Trinajstić information content (AvgIpc) is 2.46. The zero-order valence-electron chi connectivity index (χ0n) is 9.02. The zero-order chi connectivity index (χ0) is 12.8. The van der Waals surface area contributed by atoms with Gasteiger partial charge < -0.3 is 5.11 Å². The number of amides is 1. The van der Waals surface area contributed by atoms with Crippen molar-refractivity contribution >= 4 is 11.8 Å². The highest BCUT2D eigenvalue weighted by Gasteiger charge is 2.04. The third-order valence-corrected chi connectivity index (χ3v) is 1.84. The van der Waals surface area contributed by atoms with Gasteiger partial charge in [-0.2, -0.15) is 5.10 Å². The molecule has 18 heavy (non-hydrogen) atoms. The molecule has 0 unspecified atom stereocenters. The first-order valence-corrected chi connectivity index (χ1v) is 4.85. The summed E-state index contributed by atoms with van der Waals surface area (Å²) >= 11 is 0. The summed E-state index contributed by atoms with van der Waals surface area (Å²) in [5.41, 5.74) is 2.17. The van der Waals surface area contributed by atoms with E-state index in [9.17, 15) is 9.90 Å². The van der Waals surface area contributed by atoms with Gasteiger partial charge in [0.2, 0.25) is 0 Å². The van der Waals surface area contributed by atoms with Gasteiger partial charge in [-0.1, -0.05) is 0 Å². The van der Waals surface area contributed by atoms with Crippen molar-refractivity contribution in [1.29, 1.82) is 0 Å². The number of hydrogen-bond donors (Lipinski definition) is 1. The molecule has 8 heteroatoms. The number of carbonyl (C=O) groups is 1. The molecule has 0 aliphatic carbocycles. The van der Waals surface area contributed by atoms with Crippen LogP contribution in [0.15, 0.2) is 42.3 Å². The highest BCUT2D eigenvalue weighted by Crippen LogP contribution is 1.91. The van der Waals surface area contributed by atoms with E-state index in [0.717, 1.165) is 0 Å². The summed E-state index contributed by atoms with van der Waals surface area (Å²) in [6.07, 6.45) is 8.08. The maximum absolute atomic E-state index is 11.5. The summed E-state index contributed by atoms with van der Waals surface area (Å²) in [6.45, 7) is 0. The van der Waals surface area contributed by atoms with Crippen LogP contribution in [0.5, 0.6) is 0 Å². The minimum atomic E-state index is -0.694. The van der Waals surface area contributed by atoms with E-state index in [0.29, 0.717) is 0 Å². The highest BCUT2D eigenvalue weighted by molar-refractivity contribution is 5.94.